The summed E-state index contributed by atoms with van der Waals surface area (Å²) in [5, 5.41) is 3.35. The number of carbonyl (C=O) groups is 2. The summed E-state index contributed by atoms with van der Waals surface area (Å²) in [4.78, 5) is 32.5. The smallest absolute Gasteiger partial charge is 0.310 e. The average molecular weight is 523 g/mol. The van der Waals surface area contributed by atoms with Gasteiger partial charge in [0.25, 0.3) is 0 Å². The molecule has 2 aliphatic rings. The average Bonchev–Trinajstić information content (AvgIpc) is 3.08. The van der Waals surface area contributed by atoms with E-state index in [2.05, 4.69) is 29.0 Å². The van der Waals surface area contributed by atoms with Crippen molar-refractivity contribution >= 4 is 41.8 Å². The number of hydrogen-bond acceptors (Lipinski definition) is 5. The molecule has 0 spiro atoms. The Morgan fingerprint density at radius 2 is 1.90 bits per heavy atom. The molecule has 2 rings (SSSR count). The van der Waals surface area contributed by atoms with Gasteiger partial charge in [0.1, 0.15) is 0 Å². The molecular formula is C20H38IN5O3. The number of likely N-dealkylation sites (tertiary alicyclic amines) is 2. The largest absolute Gasteiger partial charge is 0.469 e. The van der Waals surface area contributed by atoms with Gasteiger partial charge in [0, 0.05) is 32.1 Å². The van der Waals surface area contributed by atoms with E-state index in [0.29, 0.717) is 6.54 Å². The molecule has 0 radical (unpaired) electrons. The third-order valence-corrected chi connectivity index (χ3v) is 5.88. The number of guanidine groups is 1. The first-order valence-electron chi connectivity index (χ1n) is 10.6. The van der Waals surface area contributed by atoms with Crippen molar-refractivity contribution in [3.8, 4) is 0 Å². The van der Waals surface area contributed by atoms with Gasteiger partial charge in [0.2, 0.25) is 5.91 Å². The molecule has 8 nitrogen and oxygen atoms in total. The number of nitrogens with two attached hydrogens (primary N) is 1. The van der Waals surface area contributed by atoms with E-state index < -0.39 is 0 Å². The highest BCUT2D eigenvalue weighted by Gasteiger charge is 2.36. The molecule has 2 unspecified atom stereocenters. The van der Waals surface area contributed by atoms with Crippen LogP contribution in [0.3, 0.4) is 0 Å². The number of unbranched alkanes of at least 4 members (excludes halogenated alkanes) is 1. The molecule has 168 valence electrons. The summed E-state index contributed by atoms with van der Waals surface area (Å²) >= 11 is 0. The van der Waals surface area contributed by atoms with Crippen LogP contribution >= 0.6 is 24.0 Å². The van der Waals surface area contributed by atoms with E-state index >= 15 is 0 Å². The van der Waals surface area contributed by atoms with Gasteiger partial charge in [0.05, 0.1) is 13.0 Å². The maximum absolute atomic E-state index is 11.9. The maximum Gasteiger partial charge on any atom is 0.310 e. The second-order valence-corrected chi connectivity index (χ2v) is 7.97. The summed E-state index contributed by atoms with van der Waals surface area (Å²) in [5.74, 6) is 0.835. The Balaban J connectivity index is 0.00000420. The number of nitrogens with zero attached hydrogens (tertiary/aromatic N) is 3. The van der Waals surface area contributed by atoms with Crippen LogP contribution < -0.4 is 11.1 Å². The molecule has 2 fully saturated rings. The van der Waals surface area contributed by atoms with Gasteiger partial charge in [-0.05, 0) is 58.2 Å². The fourth-order valence-corrected chi connectivity index (χ4v) is 4.10. The Hall–Kier alpha value is -1.10. The van der Waals surface area contributed by atoms with E-state index in [0.717, 1.165) is 70.9 Å². The number of primary amides is 1. The van der Waals surface area contributed by atoms with Gasteiger partial charge in [-0.2, -0.15) is 0 Å². The summed E-state index contributed by atoms with van der Waals surface area (Å²) in [6, 6.07) is 0. The summed E-state index contributed by atoms with van der Waals surface area (Å²) in [6.45, 7) is 10.2. The van der Waals surface area contributed by atoms with Gasteiger partial charge in [-0.15, -0.1) is 24.0 Å². The molecule has 1 amide bonds. The molecule has 29 heavy (non-hydrogen) atoms. The van der Waals surface area contributed by atoms with Crippen LogP contribution in [0.5, 0.6) is 0 Å². The molecule has 9 heteroatoms. The van der Waals surface area contributed by atoms with Crippen molar-refractivity contribution in [2.45, 2.75) is 39.5 Å². The first kappa shape index (κ1) is 25.9. The summed E-state index contributed by atoms with van der Waals surface area (Å²) in [7, 11) is 1.45. The van der Waals surface area contributed by atoms with E-state index in [4.69, 9.17) is 15.5 Å². The van der Waals surface area contributed by atoms with Crippen LogP contribution in [0.15, 0.2) is 4.99 Å². The molecule has 0 bridgehead atoms. The van der Waals surface area contributed by atoms with E-state index in [1.165, 1.54) is 7.11 Å². The van der Waals surface area contributed by atoms with Gasteiger partial charge >= 0.3 is 5.97 Å². The number of esters is 1. The normalized spacial score (nSPS) is 23.6. The molecule has 2 atom stereocenters. The highest BCUT2D eigenvalue weighted by atomic mass is 127. The lowest BCUT2D eigenvalue weighted by Gasteiger charge is -2.30. The van der Waals surface area contributed by atoms with Crippen molar-refractivity contribution in [2.75, 3.05) is 52.9 Å². The first-order chi connectivity index (χ1) is 13.5. The van der Waals surface area contributed by atoms with Crippen LogP contribution in [-0.4, -0.2) is 80.6 Å². The maximum atomic E-state index is 11.9. The van der Waals surface area contributed by atoms with Crippen LogP contribution in [0, 0.1) is 17.8 Å². The lowest BCUT2D eigenvalue weighted by Crippen LogP contribution is -2.40. The Kier molecular flexibility index (Phi) is 11.9. The number of aliphatic imine (C=N–C) groups is 1. The van der Waals surface area contributed by atoms with Gasteiger partial charge in [-0.3, -0.25) is 14.6 Å². The number of hydrogen-bond donors (Lipinski definition) is 2. The summed E-state index contributed by atoms with van der Waals surface area (Å²) in [5.41, 5.74) is 5.39. The quantitative estimate of drug-likeness (QED) is 0.164. The Morgan fingerprint density at radius 3 is 2.48 bits per heavy atom. The minimum Gasteiger partial charge on any atom is -0.469 e. The molecule has 0 aromatic heterocycles. The van der Waals surface area contributed by atoms with Crippen molar-refractivity contribution in [3.63, 3.8) is 0 Å². The topological polar surface area (TPSA) is 100 Å². The fourth-order valence-electron chi connectivity index (χ4n) is 4.10. The lowest BCUT2D eigenvalue weighted by atomic mass is 9.96. The first-order valence-corrected chi connectivity index (χ1v) is 10.6. The number of ether oxygens (including phenoxy) is 1. The second-order valence-electron chi connectivity index (χ2n) is 7.97. The fraction of sp³-hybridized carbons (Fsp3) is 0.850. The van der Waals surface area contributed by atoms with Gasteiger partial charge < -0.3 is 25.6 Å². The number of amides is 1. The molecule has 3 N–H and O–H groups in total. The monoisotopic (exact) mass is 523 g/mol. The minimum atomic E-state index is -0.157. The minimum absolute atomic E-state index is 0. The van der Waals surface area contributed by atoms with Gasteiger partial charge in [0.15, 0.2) is 5.96 Å². The predicted octanol–water partition coefficient (Wildman–Crippen LogP) is 1.29. The third-order valence-electron chi connectivity index (χ3n) is 5.88. The highest BCUT2D eigenvalue weighted by Crippen LogP contribution is 2.24. The zero-order chi connectivity index (χ0) is 20.5. The Labute approximate surface area is 192 Å². The van der Waals surface area contributed by atoms with E-state index in [-0.39, 0.29) is 53.6 Å². The van der Waals surface area contributed by atoms with Crippen LogP contribution in [0.25, 0.3) is 0 Å². The van der Waals surface area contributed by atoms with Crippen LogP contribution in [0.2, 0.25) is 0 Å². The zero-order valence-corrected chi connectivity index (χ0v) is 20.4. The molecule has 0 aromatic rings. The van der Waals surface area contributed by atoms with Crippen molar-refractivity contribution in [3.05, 3.63) is 0 Å². The van der Waals surface area contributed by atoms with Gasteiger partial charge in [-0.25, -0.2) is 0 Å². The molecule has 2 aliphatic heterocycles. The van der Waals surface area contributed by atoms with Crippen LogP contribution in [0.1, 0.15) is 39.5 Å². The molecule has 0 saturated carbocycles. The standard InChI is InChI=1S/C20H37N5O3.HI/c1-4-22-20(25-13-15(2)17(14-25)19(27)28-3)23-9-5-6-10-24-11-7-16(8-12-24)18(21)26;/h15-17H,4-14H2,1-3H3,(H2,21,26)(H,22,23);1H. The van der Waals surface area contributed by atoms with Crippen molar-refractivity contribution in [1.29, 1.82) is 0 Å². The Bertz CT molecular complexity index is 552. The number of halogens is 1. The highest BCUT2D eigenvalue weighted by molar-refractivity contribution is 14.0. The van der Waals surface area contributed by atoms with Crippen molar-refractivity contribution in [2.24, 2.45) is 28.5 Å². The van der Waals surface area contributed by atoms with E-state index in [1.54, 1.807) is 0 Å². The van der Waals surface area contributed by atoms with E-state index in [9.17, 15) is 9.59 Å². The predicted molar refractivity (Wildman–Crippen MR) is 125 cm³/mol. The third kappa shape index (κ3) is 7.92. The summed E-state index contributed by atoms with van der Waals surface area (Å²) < 4.78 is 4.93. The number of rotatable bonds is 8. The van der Waals surface area contributed by atoms with E-state index in [1.807, 2.05) is 0 Å². The second kappa shape index (κ2) is 13.3. The van der Waals surface area contributed by atoms with Crippen LogP contribution in [0.4, 0.5) is 0 Å². The Morgan fingerprint density at radius 1 is 1.21 bits per heavy atom. The number of methoxy groups -OCH3 is 1. The SMILES string of the molecule is CCNC(=NCCCCN1CCC(C(N)=O)CC1)N1CC(C)C(C(=O)OC)C1.I. The molecule has 0 aromatic carbocycles. The van der Waals surface area contributed by atoms with Crippen molar-refractivity contribution in [1.82, 2.24) is 15.1 Å². The molecular weight excluding hydrogens is 485 g/mol. The number of piperidine rings is 1. The molecule has 0 aliphatic carbocycles. The molecule has 2 saturated heterocycles. The van der Waals surface area contributed by atoms with Crippen molar-refractivity contribution < 1.29 is 14.3 Å². The number of carbonyl (C=O) groups excluding carboxylic acids is 2. The van der Waals surface area contributed by atoms with Crippen LogP contribution in [-0.2, 0) is 14.3 Å². The zero-order valence-electron chi connectivity index (χ0n) is 18.1. The van der Waals surface area contributed by atoms with Gasteiger partial charge in [-0.1, -0.05) is 6.92 Å². The molecule has 2 heterocycles. The number of nitrogens with one attached hydrogen (secondary N) is 1. The lowest BCUT2D eigenvalue weighted by molar-refractivity contribution is -0.146. The summed E-state index contributed by atoms with van der Waals surface area (Å²) in [6.07, 6.45) is 3.87.